The molecule has 1 fully saturated rings. The monoisotopic (exact) mass is 128 g/mol. The van der Waals surface area contributed by atoms with E-state index >= 15 is 0 Å². The minimum atomic E-state index is -2.45. The molecule has 1 unspecified atom stereocenters. The molecule has 0 spiro atoms. The summed E-state index contributed by atoms with van der Waals surface area (Å²) in [4.78, 5) is 0. The second kappa shape index (κ2) is 1.25. The smallest absolute Gasteiger partial charge is 0.201 e. The van der Waals surface area contributed by atoms with E-state index in [0.29, 0.717) is 12.0 Å². The molecule has 2 aliphatic carbocycles. The first-order chi connectivity index (χ1) is 4.23. The van der Waals surface area contributed by atoms with Crippen molar-refractivity contribution in [2.24, 2.45) is 5.92 Å². The molecular formula is C7H6F2. The minimum absolute atomic E-state index is 0.324. The van der Waals surface area contributed by atoms with Crippen LogP contribution >= 0.6 is 0 Å². The molecule has 0 aromatic carbocycles. The first kappa shape index (κ1) is 5.15. The van der Waals surface area contributed by atoms with Gasteiger partial charge in [0.05, 0.1) is 5.92 Å². The van der Waals surface area contributed by atoms with Crippen molar-refractivity contribution in [2.75, 3.05) is 0 Å². The third-order valence-corrected chi connectivity index (χ3v) is 1.90. The SMILES string of the molecule is FC1(F)C2=CC=CCC21. The quantitative estimate of drug-likeness (QED) is 0.468. The lowest BCUT2D eigenvalue weighted by Gasteiger charge is -1.88. The van der Waals surface area contributed by atoms with Crippen molar-refractivity contribution in [1.29, 1.82) is 0 Å². The molecule has 0 amide bonds. The predicted molar refractivity (Wildman–Crippen MR) is 30.3 cm³/mol. The lowest BCUT2D eigenvalue weighted by atomic mass is 10.2. The molecule has 0 aliphatic heterocycles. The van der Waals surface area contributed by atoms with Gasteiger partial charge in [0.1, 0.15) is 0 Å². The Bertz CT molecular complexity index is 201. The second-order valence-corrected chi connectivity index (χ2v) is 2.46. The van der Waals surface area contributed by atoms with E-state index in [2.05, 4.69) is 0 Å². The summed E-state index contributed by atoms with van der Waals surface area (Å²) in [6, 6.07) is 0. The highest BCUT2D eigenvalue weighted by Crippen LogP contribution is 2.57. The number of hydrogen-bond donors (Lipinski definition) is 0. The summed E-state index contributed by atoms with van der Waals surface area (Å²) in [6.07, 6.45) is 5.54. The highest BCUT2D eigenvalue weighted by atomic mass is 19.3. The first-order valence-corrected chi connectivity index (χ1v) is 2.98. The van der Waals surface area contributed by atoms with Crippen molar-refractivity contribution in [3.05, 3.63) is 23.8 Å². The number of allylic oxidation sites excluding steroid dienone is 4. The van der Waals surface area contributed by atoms with Gasteiger partial charge in [-0.1, -0.05) is 18.2 Å². The van der Waals surface area contributed by atoms with Crippen LogP contribution in [0.4, 0.5) is 8.78 Å². The van der Waals surface area contributed by atoms with Crippen LogP contribution in [0.15, 0.2) is 23.8 Å². The van der Waals surface area contributed by atoms with E-state index in [9.17, 15) is 8.78 Å². The van der Waals surface area contributed by atoms with E-state index in [4.69, 9.17) is 0 Å². The van der Waals surface area contributed by atoms with Gasteiger partial charge < -0.3 is 0 Å². The van der Waals surface area contributed by atoms with Gasteiger partial charge in [-0.3, -0.25) is 0 Å². The van der Waals surface area contributed by atoms with Gasteiger partial charge in [0.15, 0.2) is 0 Å². The standard InChI is InChI=1S/C7H6F2/c8-7(9)5-3-1-2-4-6(5)7/h1-3,6H,4H2. The highest BCUT2D eigenvalue weighted by Gasteiger charge is 2.62. The molecule has 1 saturated carbocycles. The fourth-order valence-electron chi connectivity index (χ4n) is 1.24. The molecule has 9 heavy (non-hydrogen) atoms. The maximum atomic E-state index is 12.4. The van der Waals surface area contributed by atoms with E-state index < -0.39 is 11.8 Å². The zero-order valence-corrected chi connectivity index (χ0v) is 4.77. The average Bonchev–Trinajstić information content (AvgIpc) is 2.39. The van der Waals surface area contributed by atoms with Crippen LogP contribution in [0.25, 0.3) is 0 Å². The summed E-state index contributed by atoms with van der Waals surface area (Å²) in [5.74, 6) is -2.90. The first-order valence-electron chi connectivity index (χ1n) is 2.98. The zero-order chi connectivity index (χ0) is 6.48. The molecule has 0 aromatic rings. The summed E-state index contributed by atoms with van der Waals surface area (Å²) in [7, 11) is 0. The number of rotatable bonds is 0. The topological polar surface area (TPSA) is 0 Å². The molecule has 0 saturated heterocycles. The lowest BCUT2D eigenvalue weighted by Crippen LogP contribution is -1.90. The van der Waals surface area contributed by atoms with Crippen LogP contribution in [-0.2, 0) is 0 Å². The minimum Gasteiger partial charge on any atom is -0.201 e. The molecule has 0 N–H and O–H groups in total. The Morgan fingerprint density at radius 1 is 1.56 bits per heavy atom. The van der Waals surface area contributed by atoms with Gasteiger partial charge in [0.25, 0.3) is 5.92 Å². The van der Waals surface area contributed by atoms with E-state index in [-0.39, 0.29) is 0 Å². The molecule has 1 atom stereocenters. The molecule has 2 aliphatic rings. The summed E-state index contributed by atoms with van der Waals surface area (Å²) < 4.78 is 24.8. The van der Waals surface area contributed by atoms with E-state index in [1.807, 2.05) is 0 Å². The fraction of sp³-hybridized carbons (Fsp3) is 0.429. The Morgan fingerprint density at radius 3 is 2.78 bits per heavy atom. The molecular weight excluding hydrogens is 122 g/mol. The van der Waals surface area contributed by atoms with Crippen molar-refractivity contribution in [2.45, 2.75) is 12.3 Å². The summed E-state index contributed by atoms with van der Waals surface area (Å²) >= 11 is 0. The predicted octanol–water partition coefficient (Wildman–Crippen LogP) is 2.14. The maximum Gasteiger partial charge on any atom is 0.277 e. The Balaban J connectivity index is 2.31. The van der Waals surface area contributed by atoms with Crippen molar-refractivity contribution in [1.82, 2.24) is 0 Å². The van der Waals surface area contributed by atoms with Crippen LogP contribution in [0.1, 0.15) is 6.42 Å². The molecule has 0 heterocycles. The number of hydrogen-bond acceptors (Lipinski definition) is 0. The van der Waals surface area contributed by atoms with Gasteiger partial charge in [0, 0.05) is 5.57 Å². The lowest BCUT2D eigenvalue weighted by molar-refractivity contribution is 0.111. The summed E-state index contributed by atoms with van der Waals surface area (Å²) in [5.41, 5.74) is 0.324. The van der Waals surface area contributed by atoms with Gasteiger partial charge in [-0.2, -0.15) is 0 Å². The summed E-state index contributed by atoms with van der Waals surface area (Å²) in [5, 5.41) is 0. The maximum absolute atomic E-state index is 12.4. The zero-order valence-electron chi connectivity index (χ0n) is 4.77. The van der Waals surface area contributed by atoms with Gasteiger partial charge in [0.2, 0.25) is 0 Å². The second-order valence-electron chi connectivity index (χ2n) is 2.46. The molecule has 48 valence electrons. The van der Waals surface area contributed by atoms with Crippen LogP contribution in [0.3, 0.4) is 0 Å². The third kappa shape index (κ3) is 0.506. The Hall–Kier alpha value is -0.660. The van der Waals surface area contributed by atoms with Crippen molar-refractivity contribution >= 4 is 0 Å². The highest BCUT2D eigenvalue weighted by molar-refractivity contribution is 5.43. The Labute approximate surface area is 51.9 Å². The van der Waals surface area contributed by atoms with Gasteiger partial charge >= 0.3 is 0 Å². The van der Waals surface area contributed by atoms with Gasteiger partial charge in [-0.25, -0.2) is 8.78 Å². The molecule has 0 bridgehead atoms. The van der Waals surface area contributed by atoms with Crippen LogP contribution < -0.4 is 0 Å². The van der Waals surface area contributed by atoms with Gasteiger partial charge in [-0.05, 0) is 6.42 Å². The number of fused-ring (bicyclic) bond motifs is 1. The van der Waals surface area contributed by atoms with E-state index in [1.54, 1.807) is 12.2 Å². The Kier molecular flexibility index (Phi) is 0.718. The molecule has 0 aromatic heterocycles. The van der Waals surface area contributed by atoms with E-state index in [0.717, 1.165) is 0 Å². The van der Waals surface area contributed by atoms with Crippen LogP contribution in [0.2, 0.25) is 0 Å². The normalized spacial score (nSPS) is 35.3. The van der Waals surface area contributed by atoms with Gasteiger partial charge in [-0.15, -0.1) is 0 Å². The van der Waals surface area contributed by atoms with Crippen LogP contribution in [0, 0.1) is 5.92 Å². The van der Waals surface area contributed by atoms with Crippen molar-refractivity contribution < 1.29 is 8.78 Å². The van der Waals surface area contributed by atoms with Crippen LogP contribution in [-0.4, -0.2) is 5.92 Å². The Morgan fingerprint density at radius 2 is 2.33 bits per heavy atom. The van der Waals surface area contributed by atoms with Crippen LogP contribution in [0.5, 0.6) is 0 Å². The number of alkyl halides is 2. The molecule has 0 radical (unpaired) electrons. The molecule has 2 rings (SSSR count). The van der Waals surface area contributed by atoms with E-state index in [1.165, 1.54) is 6.08 Å². The van der Waals surface area contributed by atoms with Crippen molar-refractivity contribution in [3.8, 4) is 0 Å². The fourth-order valence-corrected chi connectivity index (χ4v) is 1.24. The summed E-state index contributed by atoms with van der Waals surface area (Å²) in [6.45, 7) is 0. The van der Waals surface area contributed by atoms with Crippen molar-refractivity contribution in [3.63, 3.8) is 0 Å². The largest absolute Gasteiger partial charge is 0.277 e. The average molecular weight is 128 g/mol. The number of halogens is 2. The molecule has 2 heteroatoms. The third-order valence-electron chi connectivity index (χ3n) is 1.90. The molecule has 0 nitrogen and oxygen atoms in total.